The van der Waals surface area contributed by atoms with Crippen LogP contribution in [0.5, 0.6) is 0 Å². The summed E-state index contributed by atoms with van der Waals surface area (Å²) in [6.07, 6.45) is 5.44. The first-order valence-electron chi connectivity index (χ1n) is 7.09. The predicted molar refractivity (Wildman–Crippen MR) is 70.5 cm³/mol. The van der Waals surface area contributed by atoms with Crippen LogP contribution in [0.15, 0.2) is 18.2 Å². The van der Waals surface area contributed by atoms with Gasteiger partial charge in [0.25, 0.3) is 0 Å². The fraction of sp³-hybridized carbons (Fsp3) is 0.600. The normalized spacial score (nSPS) is 31.4. The van der Waals surface area contributed by atoms with Crippen molar-refractivity contribution in [2.45, 2.75) is 56.8 Å². The number of halogens is 2. The smallest absolute Gasteiger partial charge is 0.127 e. The van der Waals surface area contributed by atoms with Crippen molar-refractivity contribution in [3.05, 3.63) is 35.4 Å². The molecule has 0 aliphatic carbocycles. The molecule has 1 aromatic rings. The van der Waals surface area contributed by atoms with Crippen LogP contribution in [0, 0.1) is 11.6 Å². The van der Waals surface area contributed by atoms with Crippen LogP contribution < -0.4 is 5.73 Å². The fourth-order valence-corrected chi connectivity index (χ4v) is 3.64. The van der Waals surface area contributed by atoms with Crippen LogP contribution in [0.4, 0.5) is 8.78 Å². The summed E-state index contributed by atoms with van der Waals surface area (Å²) in [5.74, 6) is -0.676. The second-order valence-electron chi connectivity index (χ2n) is 5.88. The highest BCUT2D eigenvalue weighted by Gasteiger charge is 2.37. The molecule has 0 radical (unpaired) electrons. The third kappa shape index (κ3) is 2.65. The second kappa shape index (κ2) is 5.17. The Labute approximate surface area is 112 Å². The average Bonchev–Trinajstić information content (AvgIpc) is 2.35. The maximum absolute atomic E-state index is 13.8. The van der Waals surface area contributed by atoms with Crippen molar-refractivity contribution in [1.82, 2.24) is 4.90 Å². The number of fused-ring (bicyclic) bond motifs is 2. The number of benzene rings is 1. The molecular weight excluding hydrogens is 246 g/mol. The highest BCUT2D eigenvalue weighted by atomic mass is 19.1. The molecule has 0 saturated carbocycles. The van der Waals surface area contributed by atoms with Gasteiger partial charge in [-0.1, -0.05) is 6.42 Å². The second-order valence-corrected chi connectivity index (χ2v) is 5.88. The monoisotopic (exact) mass is 266 g/mol. The van der Waals surface area contributed by atoms with Gasteiger partial charge in [0.1, 0.15) is 11.6 Å². The molecule has 2 atom stereocenters. The van der Waals surface area contributed by atoms with Gasteiger partial charge in [-0.2, -0.15) is 0 Å². The predicted octanol–water partition coefficient (Wildman–Crippen LogP) is 2.81. The van der Waals surface area contributed by atoms with Crippen LogP contribution in [0.2, 0.25) is 0 Å². The number of piperidine rings is 2. The Balaban J connectivity index is 1.80. The first kappa shape index (κ1) is 13.0. The third-order valence-electron chi connectivity index (χ3n) is 4.52. The molecule has 2 bridgehead atoms. The number of rotatable bonds is 2. The van der Waals surface area contributed by atoms with E-state index in [0.29, 0.717) is 24.2 Å². The molecule has 2 saturated heterocycles. The Hall–Kier alpha value is -1.00. The van der Waals surface area contributed by atoms with E-state index in [4.69, 9.17) is 5.73 Å². The van der Waals surface area contributed by atoms with E-state index in [-0.39, 0.29) is 17.7 Å². The number of hydrogen-bond acceptors (Lipinski definition) is 2. The minimum atomic E-state index is -0.365. The quantitative estimate of drug-likeness (QED) is 0.892. The first-order valence-corrected chi connectivity index (χ1v) is 7.09. The number of nitrogens with two attached hydrogens (primary N) is 1. The SMILES string of the molecule is NC1CC2CCCC(C1)N2Cc1cc(F)ccc1F. The van der Waals surface area contributed by atoms with Crippen molar-refractivity contribution < 1.29 is 8.78 Å². The van der Waals surface area contributed by atoms with Crippen molar-refractivity contribution in [2.24, 2.45) is 5.73 Å². The van der Waals surface area contributed by atoms with Gasteiger partial charge in [0.15, 0.2) is 0 Å². The van der Waals surface area contributed by atoms with Crippen LogP contribution >= 0.6 is 0 Å². The summed E-state index contributed by atoms with van der Waals surface area (Å²) in [6, 6.07) is 4.85. The van der Waals surface area contributed by atoms with Gasteiger partial charge in [0, 0.05) is 30.2 Å². The van der Waals surface area contributed by atoms with Crippen LogP contribution in [0.3, 0.4) is 0 Å². The lowest BCUT2D eigenvalue weighted by Gasteiger charge is -2.48. The van der Waals surface area contributed by atoms with E-state index in [2.05, 4.69) is 4.90 Å². The fourth-order valence-electron chi connectivity index (χ4n) is 3.64. The van der Waals surface area contributed by atoms with Crippen LogP contribution in [-0.4, -0.2) is 23.0 Å². The zero-order valence-electron chi connectivity index (χ0n) is 11.0. The van der Waals surface area contributed by atoms with Gasteiger partial charge in [0.2, 0.25) is 0 Å². The average molecular weight is 266 g/mol. The van der Waals surface area contributed by atoms with Gasteiger partial charge in [-0.25, -0.2) is 8.78 Å². The zero-order valence-corrected chi connectivity index (χ0v) is 11.0. The zero-order chi connectivity index (χ0) is 13.4. The molecule has 19 heavy (non-hydrogen) atoms. The maximum Gasteiger partial charge on any atom is 0.127 e. The lowest BCUT2D eigenvalue weighted by Crippen LogP contribution is -2.54. The molecule has 0 aromatic heterocycles. The lowest BCUT2D eigenvalue weighted by atomic mass is 9.82. The van der Waals surface area contributed by atoms with E-state index in [1.807, 2.05) is 0 Å². The molecule has 0 spiro atoms. The van der Waals surface area contributed by atoms with Gasteiger partial charge in [0.05, 0.1) is 0 Å². The van der Waals surface area contributed by atoms with E-state index in [0.717, 1.165) is 25.7 Å². The van der Waals surface area contributed by atoms with Gasteiger partial charge in [-0.3, -0.25) is 4.90 Å². The minimum Gasteiger partial charge on any atom is -0.328 e. The number of nitrogens with zero attached hydrogens (tertiary/aromatic N) is 1. The Morgan fingerprint density at radius 1 is 1.16 bits per heavy atom. The van der Waals surface area contributed by atoms with Crippen molar-refractivity contribution in [1.29, 1.82) is 0 Å². The van der Waals surface area contributed by atoms with E-state index in [9.17, 15) is 8.78 Å². The van der Waals surface area contributed by atoms with E-state index in [1.54, 1.807) is 0 Å². The third-order valence-corrected chi connectivity index (χ3v) is 4.52. The molecule has 2 N–H and O–H groups in total. The highest BCUT2D eigenvalue weighted by molar-refractivity contribution is 5.19. The molecule has 3 rings (SSSR count). The summed E-state index contributed by atoms with van der Waals surface area (Å²) < 4.78 is 27.0. The molecule has 2 nitrogen and oxygen atoms in total. The molecule has 4 heteroatoms. The first-order chi connectivity index (χ1) is 9.13. The van der Waals surface area contributed by atoms with Crippen LogP contribution in [-0.2, 0) is 6.54 Å². The molecule has 2 fully saturated rings. The molecule has 2 aliphatic heterocycles. The Morgan fingerprint density at radius 3 is 2.53 bits per heavy atom. The Morgan fingerprint density at radius 2 is 1.84 bits per heavy atom. The van der Waals surface area contributed by atoms with E-state index >= 15 is 0 Å². The molecule has 1 aromatic carbocycles. The van der Waals surface area contributed by atoms with E-state index < -0.39 is 0 Å². The largest absolute Gasteiger partial charge is 0.328 e. The van der Waals surface area contributed by atoms with E-state index in [1.165, 1.54) is 24.6 Å². The van der Waals surface area contributed by atoms with Gasteiger partial charge < -0.3 is 5.73 Å². The van der Waals surface area contributed by atoms with Crippen molar-refractivity contribution in [3.63, 3.8) is 0 Å². The van der Waals surface area contributed by atoms with Gasteiger partial charge in [-0.15, -0.1) is 0 Å². The Kier molecular flexibility index (Phi) is 3.54. The lowest BCUT2D eigenvalue weighted by molar-refractivity contribution is 0.0236. The van der Waals surface area contributed by atoms with Gasteiger partial charge >= 0.3 is 0 Å². The summed E-state index contributed by atoms with van der Waals surface area (Å²) in [7, 11) is 0. The molecule has 2 heterocycles. The summed E-state index contributed by atoms with van der Waals surface area (Å²) in [5.41, 5.74) is 6.54. The standard InChI is InChI=1S/C15H20F2N2/c16-11-4-5-15(17)10(6-11)9-19-13-2-1-3-14(19)8-12(18)7-13/h4-6,12-14H,1-3,7-9,18H2. The summed E-state index contributed by atoms with van der Waals surface area (Å²) in [5, 5.41) is 0. The summed E-state index contributed by atoms with van der Waals surface area (Å²) in [4.78, 5) is 2.34. The Bertz CT molecular complexity index is 449. The van der Waals surface area contributed by atoms with Crippen LogP contribution in [0.25, 0.3) is 0 Å². The number of hydrogen-bond donors (Lipinski definition) is 1. The highest BCUT2D eigenvalue weighted by Crippen LogP contribution is 2.34. The molecule has 2 aliphatic rings. The molecule has 104 valence electrons. The summed E-state index contributed by atoms with van der Waals surface area (Å²) in [6.45, 7) is 0.506. The van der Waals surface area contributed by atoms with Crippen LogP contribution in [0.1, 0.15) is 37.7 Å². The summed E-state index contributed by atoms with van der Waals surface area (Å²) >= 11 is 0. The van der Waals surface area contributed by atoms with Crippen molar-refractivity contribution in [2.75, 3.05) is 0 Å². The maximum atomic E-state index is 13.8. The minimum absolute atomic E-state index is 0.268. The van der Waals surface area contributed by atoms with Gasteiger partial charge in [-0.05, 0) is 43.9 Å². The molecule has 2 unspecified atom stereocenters. The van der Waals surface area contributed by atoms with Crippen molar-refractivity contribution >= 4 is 0 Å². The topological polar surface area (TPSA) is 29.3 Å². The van der Waals surface area contributed by atoms with Crippen molar-refractivity contribution in [3.8, 4) is 0 Å². The molecular formula is C15H20F2N2. The molecule has 0 amide bonds.